The third-order valence-corrected chi connectivity index (χ3v) is 2.42. The first-order valence-corrected chi connectivity index (χ1v) is 5.54. The lowest BCUT2D eigenvalue weighted by Gasteiger charge is -2.05. The summed E-state index contributed by atoms with van der Waals surface area (Å²) >= 11 is 0. The average molecular weight is 250 g/mol. The van der Waals surface area contributed by atoms with E-state index in [9.17, 15) is 4.79 Å². The van der Waals surface area contributed by atoms with Gasteiger partial charge in [-0.15, -0.1) is 0 Å². The largest absolute Gasteiger partial charge is 0.352 e. The van der Waals surface area contributed by atoms with E-state index in [1.165, 1.54) is 0 Å². The van der Waals surface area contributed by atoms with Gasteiger partial charge in [-0.1, -0.05) is 12.1 Å². The van der Waals surface area contributed by atoms with Crippen molar-refractivity contribution in [2.75, 3.05) is 0 Å². The number of carbonyl (C=O) groups is 1. The minimum absolute atomic E-state index is 0.305. The zero-order chi connectivity index (χ0) is 13.1. The highest BCUT2D eigenvalue weighted by atomic mass is 16.5. The molecule has 8 nitrogen and oxygen atoms in total. The molecule has 2 aromatic heterocycles. The molecule has 0 saturated heterocycles. The Morgan fingerprint density at radius 2 is 2.44 bits per heavy atom. The van der Waals surface area contributed by atoms with Gasteiger partial charge in [0.05, 0.1) is 6.04 Å². The number of nitrogens with one attached hydrogen (secondary N) is 2. The third-order valence-electron chi connectivity index (χ3n) is 2.42. The van der Waals surface area contributed by atoms with Crippen LogP contribution in [0.25, 0.3) is 11.6 Å². The molecule has 8 heteroatoms. The molecule has 4 N–H and O–H groups in total. The summed E-state index contributed by atoms with van der Waals surface area (Å²) in [4.78, 5) is 14.9. The number of carbonyl (C=O) groups excluding carboxylic acids is 1. The van der Waals surface area contributed by atoms with Crippen molar-refractivity contribution in [1.82, 2.24) is 25.7 Å². The fourth-order valence-corrected chi connectivity index (χ4v) is 1.45. The van der Waals surface area contributed by atoms with E-state index in [4.69, 9.17) is 10.3 Å². The minimum atomic E-state index is -0.637. The Morgan fingerprint density at radius 1 is 1.67 bits per heavy atom. The van der Waals surface area contributed by atoms with Gasteiger partial charge in [-0.2, -0.15) is 10.1 Å². The standard InChI is InChI=1S/C10H14N6O2/c1-3-6-4-7(15-14-6)9-13-8(16-18-9)5(2)12-10(11)17/h4-5H,3H2,1-2H3,(H,14,15)(H3,11,12,17). The van der Waals surface area contributed by atoms with E-state index in [0.29, 0.717) is 17.4 Å². The van der Waals surface area contributed by atoms with E-state index in [1.54, 1.807) is 6.92 Å². The van der Waals surface area contributed by atoms with Gasteiger partial charge in [-0.25, -0.2) is 4.79 Å². The number of nitrogens with zero attached hydrogens (tertiary/aromatic N) is 3. The van der Waals surface area contributed by atoms with E-state index < -0.39 is 12.1 Å². The van der Waals surface area contributed by atoms with E-state index >= 15 is 0 Å². The van der Waals surface area contributed by atoms with Crippen molar-refractivity contribution in [2.45, 2.75) is 26.3 Å². The Balaban J connectivity index is 2.17. The van der Waals surface area contributed by atoms with Gasteiger partial charge >= 0.3 is 6.03 Å². The van der Waals surface area contributed by atoms with Crippen molar-refractivity contribution >= 4 is 6.03 Å². The number of rotatable bonds is 4. The number of hydrogen-bond acceptors (Lipinski definition) is 5. The van der Waals surface area contributed by atoms with Gasteiger partial charge in [0.15, 0.2) is 11.5 Å². The fourth-order valence-electron chi connectivity index (χ4n) is 1.45. The van der Waals surface area contributed by atoms with Crippen molar-refractivity contribution in [2.24, 2.45) is 5.73 Å². The highest BCUT2D eigenvalue weighted by Gasteiger charge is 2.17. The van der Waals surface area contributed by atoms with Crippen molar-refractivity contribution in [1.29, 1.82) is 0 Å². The number of hydrogen-bond donors (Lipinski definition) is 3. The minimum Gasteiger partial charge on any atom is -0.352 e. The lowest BCUT2D eigenvalue weighted by Crippen LogP contribution is -2.32. The molecular weight excluding hydrogens is 236 g/mol. The van der Waals surface area contributed by atoms with Gasteiger partial charge in [0, 0.05) is 5.69 Å². The molecule has 18 heavy (non-hydrogen) atoms. The van der Waals surface area contributed by atoms with Gasteiger partial charge in [0.2, 0.25) is 0 Å². The molecular formula is C10H14N6O2. The molecule has 2 amide bonds. The molecule has 0 aliphatic rings. The topological polar surface area (TPSA) is 123 Å². The second-order valence-corrected chi connectivity index (χ2v) is 3.82. The highest BCUT2D eigenvalue weighted by Crippen LogP contribution is 2.17. The number of urea groups is 1. The molecule has 1 atom stereocenters. The number of H-pyrrole nitrogens is 1. The van der Waals surface area contributed by atoms with E-state index in [1.807, 2.05) is 13.0 Å². The lowest BCUT2D eigenvalue weighted by molar-refractivity contribution is 0.245. The molecule has 0 radical (unpaired) electrons. The summed E-state index contributed by atoms with van der Waals surface area (Å²) in [6, 6.07) is 0.787. The van der Waals surface area contributed by atoms with Crippen LogP contribution < -0.4 is 11.1 Å². The maximum atomic E-state index is 10.7. The first kappa shape index (κ1) is 12.1. The number of aromatic nitrogens is 4. The molecule has 2 heterocycles. The molecule has 0 saturated carbocycles. The molecule has 1 unspecified atom stereocenters. The van der Waals surface area contributed by atoms with Gasteiger partial charge in [-0.05, 0) is 19.4 Å². The third kappa shape index (κ3) is 2.47. The predicted octanol–water partition coefficient (Wildman–Crippen LogP) is 0.751. The zero-order valence-corrected chi connectivity index (χ0v) is 10.1. The van der Waals surface area contributed by atoms with Gasteiger partial charge in [0.25, 0.3) is 5.89 Å². The molecule has 0 aliphatic carbocycles. The van der Waals surface area contributed by atoms with Crippen LogP contribution in [0.3, 0.4) is 0 Å². The SMILES string of the molecule is CCc1cc(-c2nc(C(C)NC(N)=O)no2)n[nH]1. The normalized spacial score (nSPS) is 12.3. The van der Waals surface area contributed by atoms with Gasteiger partial charge < -0.3 is 15.6 Å². The smallest absolute Gasteiger partial charge is 0.312 e. The number of nitrogens with two attached hydrogens (primary N) is 1. The van der Waals surface area contributed by atoms with Crippen LogP contribution in [-0.2, 0) is 6.42 Å². The maximum absolute atomic E-state index is 10.7. The number of aryl methyl sites for hydroxylation is 1. The quantitative estimate of drug-likeness (QED) is 0.738. The summed E-state index contributed by atoms with van der Waals surface area (Å²) < 4.78 is 5.08. The fraction of sp³-hybridized carbons (Fsp3) is 0.400. The molecule has 0 fully saturated rings. The Labute approximate surface area is 103 Å². The zero-order valence-electron chi connectivity index (χ0n) is 10.1. The van der Waals surface area contributed by atoms with Crippen LogP contribution in [0.5, 0.6) is 0 Å². The Hall–Kier alpha value is -2.38. The molecule has 2 rings (SSSR count). The van der Waals surface area contributed by atoms with Crippen LogP contribution in [0.15, 0.2) is 10.6 Å². The maximum Gasteiger partial charge on any atom is 0.312 e. The van der Waals surface area contributed by atoms with Crippen molar-refractivity contribution < 1.29 is 9.32 Å². The second kappa shape index (κ2) is 4.86. The monoisotopic (exact) mass is 250 g/mol. The molecule has 96 valence electrons. The summed E-state index contributed by atoms with van der Waals surface area (Å²) in [6.45, 7) is 3.72. The second-order valence-electron chi connectivity index (χ2n) is 3.82. The van der Waals surface area contributed by atoms with Crippen LogP contribution in [0, 0.1) is 0 Å². The predicted molar refractivity (Wildman–Crippen MR) is 62.4 cm³/mol. The van der Waals surface area contributed by atoms with Gasteiger partial charge in [-0.3, -0.25) is 5.10 Å². The summed E-state index contributed by atoms with van der Waals surface area (Å²) in [5, 5.41) is 13.2. The number of primary amides is 1. The van der Waals surface area contributed by atoms with Crippen LogP contribution >= 0.6 is 0 Å². The van der Waals surface area contributed by atoms with E-state index in [2.05, 4.69) is 25.7 Å². The average Bonchev–Trinajstić information content (AvgIpc) is 2.96. The molecule has 2 aromatic rings. The van der Waals surface area contributed by atoms with Crippen LogP contribution in [0.1, 0.15) is 31.4 Å². The molecule has 0 aliphatic heterocycles. The van der Waals surface area contributed by atoms with Crippen molar-refractivity contribution in [3.05, 3.63) is 17.6 Å². The molecule has 0 spiro atoms. The molecule has 0 aromatic carbocycles. The van der Waals surface area contributed by atoms with Crippen LogP contribution in [0.2, 0.25) is 0 Å². The first-order valence-electron chi connectivity index (χ1n) is 5.54. The Bertz CT molecular complexity index is 546. The summed E-state index contributed by atoms with van der Waals surface area (Å²) in [5.41, 5.74) is 6.58. The summed E-state index contributed by atoms with van der Waals surface area (Å²) in [5.74, 6) is 0.656. The van der Waals surface area contributed by atoms with Crippen LogP contribution in [-0.4, -0.2) is 26.4 Å². The van der Waals surface area contributed by atoms with E-state index in [0.717, 1.165) is 12.1 Å². The van der Waals surface area contributed by atoms with Crippen molar-refractivity contribution in [3.63, 3.8) is 0 Å². The number of aromatic amines is 1. The molecule has 0 bridgehead atoms. The van der Waals surface area contributed by atoms with Crippen LogP contribution in [0.4, 0.5) is 4.79 Å². The Kier molecular flexibility index (Phi) is 3.26. The highest BCUT2D eigenvalue weighted by molar-refractivity contribution is 5.72. The summed E-state index contributed by atoms with van der Waals surface area (Å²) in [6.07, 6.45) is 0.841. The van der Waals surface area contributed by atoms with E-state index in [-0.39, 0.29) is 0 Å². The summed E-state index contributed by atoms with van der Waals surface area (Å²) in [7, 11) is 0. The van der Waals surface area contributed by atoms with Gasteiger partial charge in [0.1, 0.15) is 0 Å². The number of amides is 2. The first-order chi connectivity index (χ1) is 8.60. The van der Waals surface area contributed by atoms with Crippen molar-refractivity contribution in [3.8, 4) is 11.6 Å². The lowest BCUT2D eigenvalue weighted by atomic mass is 10.3. The Morgan fingerprint density at radius 3 is 3.06 bits per heavy atom.